The van der Waals surface area contributed by atoms with Crippen LogP contribution in [0.5, 0.6) is 0 Å². The first-order valence-electron chi connectivity index (χ1n) is 7.08. The Balaban J connectivity index is 1.80. The van der Waals surface area contributed by atoms with Gasteiger partial charge >= 0.3 is 0 Å². The Kier molecular flexibility index (Phi) is 3.20. The molecule has 0 aliphatic rings. The highest BCUT2D eigenvalue weighted by Crippen LogP contribution is 2.30. The van der Waals surface area contributed by atoms with Crippen LogP contribution in [0.25, 0.3) is 21.7 Å². The van der Waals surface area contributed by atoms with Gasteiger partial charge in [-0.25, -0.2) is 15.0 Å². The first-order chi connectivity index (χ1) is 10.8. The minimum Gasteiger partial charge on any atom is -0.311 e. The molecular formula is C17H14N4S. The average molecular weight is 306 g/mol. The second kappa shape index (κ2) is 5.35. The maximum atomic E-state index is 4.55. The largest absolute Gasteiger partial charge is 0.311 e. The first kappa shape index (κ1) is 13.2. The number of thiophene rings is 1. The fourth-order valence-electron chi connectivity index (χ4n) is 2.52. The molecular weight excluding hydrogens is 292 g/mol. The van der Waals surface area contributed by atoms with Crippen LogP contribution in [0.3, 0.4) is 0 Å². The van der Waals surface area contributed by atoms with Gasteiger partial charge < -0.3 is 4.57 Å². The zero-order valence-corrected chi connectivity index (χ0v) is 12.9. The van der Waals surface area contributed by atoms with Crippen molar-refractivity contribution in [3.8, 4) is 10.6 Å². The molecule has 0 N–H and O–H groups in total. The van der Waals surface area contributed by atoms with E-state index in [1.807, 2.05) is 24.5 Å². The summed E-state index contributed by atoms with van der Waals surface area (Å²) in [6, 6.07) is 14.5. The quantitative estimate of drug-likeness (QED) is 0.576. The molecule has 4 aromatic rings. The molecule has 4 rings (SSSR count). The minimum absolute atomic E-state index is 0.761. The summed E-state index contributed by atoms with van der Waals surface area (Å²) < 4.78 is 2.07. The third-order valence-corrected chi connectivity index (χ3v) is 4.58. The zero-order chi connectivity index (χ0) is 14.9. The second-order valence-electron chi connectivity index (χ2n) is 5.16. The van der Waals surface area contributed by atoms with E-state index in [1.165, 1.54) is 10.4 Å². The van der Waals surface area contributed by atoms with Crippen LogP contribution in [-0.2, 0) is 6.54 Å². The predicted molar refractivity (Wildman–Crippen MR) is 88.9 cm³/mol. The fraction of sp³-hybridized carbons (Fsp3) is 0.118. The van der Waals surface area contributed by atoms with Gasteiger partial charge in [0, 0.05) is 4.88 Å². The molecule has 0 unspecified atom stereocenters. The van der Waals surface area contributed by atoms with Gasteiger partial charge in [0.15, 0.2) is 5.65 Å². The third-order valence-electron chi connectivity index (χ3n) is 3.57. The van der Waals surface area contributed by atoms with Crippen LogP contribution in [0.4, 0.5) is 0 Å². The molecule has 0 saturated carbocycles. The molecule has 1 aromatic carbocycles. The van der Waals surface area contributed by atoms with Crippen molar-refractivity contribution in [3.63, 3.8) is 0 Å². The Morgan fingerprint density at radius 2 is 1.86 bits per heavy atom. The lowest BCUT2D eigenvalue weighted by Crippen LogP contribution is -1.99. The van der Waals surface area contributed by atoms with Crippen LogP contribution >= 0.6 is 11.3 Å². The van der Waals surface area contributed by atoms with Crippen molar-refractivity contribution in [2.45, 2.75) is 13.5 Å². The number of aryl methyl sites for hydroxylation is 1. The van der Waals surface area contributed by atoms with Crippen LogP contribution in [0, 0.1) is 6.92 Å². The van der Waals surface area contributed by atoms with Crippen LogP contribution in [0.2, 0.25) is 0 Å². The highest BCUT2D eigenvalue weighted by atomic mass is 32.1. The van der Waals surface area contributed by atoms with Crippen LogP contribution in [0.1, 0.15) is 10.4 Å². The average Bonchev–Trinajstić information content (AvgIpc) is 3.15. The Morgan fingerprint density at radius 1 is 1.00 bits per heavy atom. The Morgan fingerprint density at radius 3 is 2.64 bits per heavy atom. The molecule has 3 aromatic heterocycles. The molecule has 108 valence electrons. The van der Waals surface area contributed by atoms with E-state index in [0.717, 1.165) is 28.3 Å². The van der Waals surface area contributed by atoms with E-state index in [2.05, 4.69) is 50.7 Å². The van der Waals surface area contributed by atoms with E-state index in [9.17, 15) is 0 Å². The Hall–Kier alpha value is -2.53. The van der Waals surface area contributed by atoms with E-state index in [1.54, 1.807) is 17.7 Å². The number of hydrogen-bond donors (Lipinski definition) is 0. The van der Waals surface area contributed by atoms with Crippen molar-refractivity contribution >= 4 is 22.5 Å². The van der Waals surface area contributed by atoms with Crippen molar-refractivity contribution in [1.29, 1.82) is 0 Å². The lowest BCUT2D eigenvalue weighted by Gasteiger charge is -2.04. The van der Waals surface area contributed by atoms with Crippen molar-refractivity contribution in [2.75, 3.05) is 0 Å². The monoisotopic (exact) mass is 306 g/mol. The smallest absolute Gasteiger partial charge is 0.164 e. The fourth-order valence-corrected chi connectivity index (χ4v) is 3.38. The van der Waals surface area contributed by atoms with Crippen molar-refractivity contribution in [2.24, 2.45) is 0 Å². The van der Waals surface area contributed by atoms with Gasteiger partial charge in [0.2, 0.25) is 0 Å². The Labute approximate surface area is 132 Å². The number of benzene rings is 1. The SMILES string of the molecule is Cc1ccc(-c2ncnc3c2ncn3Cc2ccccc2)s1. The molecule has 0 saturated heterocycles. The van der Waals surface area contributed by atoms with E-state index in [-0.39, 0.29) is 0 Å². The van der Waals surface area contributed by atoms with Gasteiger partial charge in [0.05, 0.1) is 17.7 Å². The van der Waals surface area contributed by atoms with Gasteiger partial charge in [-0.05, 0) is 24.6 Å². The van der Waals surface area contributed by atoms with Crippen LogP contribution in [-0.4, -0.2) is 19.5 Å². The van der Waals surface area contributed by atoms with Crippen molar-refractivity contribution in [3.05, 3.63) is 65.6 Å². The summed E-state index contributed by atoms with van der Waals surface area (Å²) in [7, 11) is 0. The molecule has 0 bridgehead atoms. The summed E-state index contributed by atoms with van der Waals surface area (Å²) in [6.07, 6.45) is 3.46. The lowest BCUT2D eigenvalue weighted by atomic mass is 10.2. The van der Waals surface area contributed by atoms with E-state index < -0.39 is 0 Å². The molecule has 0 radical (unpaired) electrons. The molecule has 0 spiro atoms. The van der Waals surface area contributed by atoms with Gasteiger partial charge in [-0.2, -0.15) is 0 Å². The van der Waals surface area contributed by atoms with E-state index >= 15 is 0 Å². The maximum absolute atomic E-state index is 4.55. The number of hydrogen-bond acceptors (Lipinski definition) is 4. The Bertz CT molecular complexity index is 924. The van der Waals surface area contributed by atoms with Crippen LogP contribution in [0.15, 0.2) is 55.1 Å². The number of aromatic nitrogens is 4. The first-order valence-corrected chi connectivity index (χ1v) is 7.89. The molecule has 0 amide bonds. The molecule has 22 heavy (non-hydrogen) atoms. The standard InChI is InChI=1S/C17H14N4S/c1-12-7-8-14(22-12)15-16-17(19-10-18-15)21(11-20-16)9-13-5-3-2-4-6-13/h2-8,10-11H,9H2,1H3. The van der Waals surface area contributed by atoms with Crippen molar-refractivity contribution < 1.29 is 0 Å². The number of imidazole rings is 1. The minimum atomic E-state index is 0.761. The second-order valence-corrected chi connectivity index (χ2v) is 6.45. The molecule has 0 fully saturated rings. The summed E-state index contributed by atoms with van der Waals surface area (Å²) in [5.41, 5.74) is 3.88. The normalized spacial score (nSPS) is 11.1. The van der Waals surface area contributed by atoms with Gasteiger partial charge in [-0.15, -0.1) is 11.3 Å². The van der Waals surface area contributed by atoms with E-state index in [4.69, 9.17) is 0 Å². The number of rotatable bonds is 3. The summed E-state index contributed by atoms with van der Waals surface area (Å²) in [5.74, 6) is 0. The van der Waals surface area contributed by atoms with E-state index in [0.29, 0.717) is 0 Å². The summed E-state index contributed by atoms with van der Waals surface area (Å²) >= 11 is 1.73. The van der Waals surface area contributed by atoms with Crippen molar-refractivity contribution in [1.82, 2.24) is 19.5 Å². The molecule has 0 aliphatic carbocycles. The van der Waals surface area contributed by atoms with Crippen LogP contribution < -0.4 is 0 Å². The topological polar surface area (TPSA) is 43.6 Å². The van der Waals surface area contributed by atoms with Gasteiger partial charge in [0.25, 0.3) is 0 Å². The number of fused-ring (bicyclic) bond motifs is 1. The third kappa shape index (κ3) is 2.29. The van der Waals surface area contributed by atoms with Gasteiger partial charge in [0.1, 0.15) is 17.5 Å². The van der Waals surface area contributed by atoms with Gasteiger partial charge in [-0.3, -0.25) is 0 Å². The maximum Gasteiger partial charge on any atom is 0.164 e. The van der Waals surface area contributed by atoms with Gasteiger partial charge in [-0.1, -0.05) is 30.3 Å². The molecule has 5 heteroatoms. The highest BCUT2D eigenvalue weighted by molar-refractivity contribution is 7.15. The predicted octanol–water partition coefficient (Wildman–Crippen LogP) is 3.91. The highest BCUT2D eigenvalue weighted by Gasteiger charge is 2.13. The molecule has 3 heterocycles. The molecule has 4 nitrogen and oxygen atoms in total. The summed E-state index contributed by atoms with van der Waals surface area (Å²) in [4.78, 5) is 15.8. The lowest BCUT2D eigenvalue weighted by molar-refractivity contribution is 0.813. The molecule has 0 atom stereocenters. The summed E-state index contributed by atoms with van der Waals surface area (Å²) in [6.45, 7) is 2.86. The molecule has 0 aliphatic heterocycles. The number of nitrogens with zero attached hydrogens (tertiary/aromatic N) is 4. The summed E-state index contributed by atoms with van der Waals surface area (Å²) in [5, 5.41) is 0. The zero-order valence-electron chi connectivity index (χ0n) is 12.1.